The Morgan fingerprint density at radius 3 is 2.83 bits per heavy atom. The van der Waals surface area contributed by atoms with Crippen LogP contribution in [0.15, 0.2) is 36.5 Å². The van der Waals surface area contributed by atoms with Gasteiger partial charge in [0.2, 0.25) is 0 Å². The number of benzene rings is 1. The summed E-state index contributed by atoms with van der Waals surface area (Å²) < 4.78 is 7.46. The third-order valence-corrected chi connectivity index (χ3v) is 2.64. The molecule has 0 amide bonds. The average molecular weight is 246 g/mol. The Hall–Kier alpha value is -1.88. The highest BCUT2D eigenvalue weighted by Crippen LogP contribution is 2.13. The Balaban J connectivity index is 1.95. The van der Waals surface area contributed by atoms with Crippen LogP contribution in [-0.2, 0) is 6.54 Å². The van der Waals surface area contributed by atoms with Gasteiger partial charge in [-0.15, -0.1) is 5.10 Å². The summed E-state index contributed by atoms with van der Waals surface area (Å²) in [5.41, 5.74) is 7.00. The molecule has 0 saturated carbocycles. The molecule has 18 heavy (non-hydrogen) atoms. The third kappa shape index (κ3) is 3.07. The smallest absolute Gasteiger partial charge is 0.119 e. The van der Waals surface area contributed by atoms with E-state index in [-0.39, 0.29) is 6.04 Å². The van der Waals surface area contributed by atoms with Crippen LogP contribution in [0, 0.1) is 0 Å². The molecule has 1 heterocycles. The Labute approximate surface area is 107 Å². The molecule has 96 valence electrons. The van der Waals surface area contributed by atoms with Gasteiger partial charge in [0.05, 0.1) is 17.9 Å². The molecule has 0 bridgehead atoms. The molecule has 0 radical (unpaired) electrons. The van der Waals surface area contributed by atoms with Crippen LogP contribution < -0.4 is 10.5 Å². The van der Waals surface area contributed by atoms with Crippen molar-refractivity contribution in [3.8, 4) is 5.75 Å². The van der Waals surface area contributed by atoms with E-state index < -0.39 is 0 Å². The highest BCUT2D eigenvalue weighted by Gasteiger charge is 2.13. The number of ether oxygens (including phenoxy) is 1. The van der Waals surface area contributed by atoms with Crippen LogP contribution in [0.5, 0.6) is 5.75 Å². The van der Waals surface area contributed by atoms with Gasteiger partial charge in [-0.25, -0.2) is 4.68 Å². The summed E-state index contributed by atoms with van der Waals surface area (Å²) in [6.07, 6.45) is 2.71. The van der Waals surface area contributed by atoms with E-state index >= 15 is 0 Å². The van der Waals surface area contributed by atoms with Crippen molar-refractivity contribution in [2.24, 2.45) is 5.73 Å². The molecule has 0 saturated heterocycles. The van der Waals surface area contributed by atoms with E-state index in [0.717, 1.165) is 24.4 Å². The minimum absolute atomic E-state index is 0.216. The van der Waals surface area contributed by atoms with Crippen molar-refractivity contribution in [1.82, 2.24) is 15.0 Å². The van der Waals surface area contributed by atoms with Crippen molar-refractivity contribution in [3.05, 3.63) is 42.2 Å². The molecule has 0 aliphatic heterocycles. The van der Waals surface area contributed by atoms with Crippen LogP contribution in [0.2, 0.25) is 0 Å². The monoisotopic (exact) mass is 246 g/mol. The van der Waals surface area contributed by atoms with Gasteiger partial charge >= 0.3 is 0 Å². The van der Waals surface area contributed by atoms with Crippen molar-refractivity contribution in [3.63, 3.8) is 0 Å². The Morgan fingerprint density at radius 2 is 2.11 bits per heavy atom. The quantitative estimate of drug-likeness (QED) is 0.843. The Morgan fingerprint density at radius 1 is 1.33 bits per heavy atom. The Bertz CT molecular complexity index is 469. The molecule has 1 atom stereocenters. The number of aromatic nitrogens is 3. The number of para-hydroxylation sites is 1. The molecule has 2 aromatic rings. The highest BCUT2D eigenvalue weighted by molar-refractivity contribution is 5.21. The van der Waals surface area contributed by atoms with E-state index in [9.17, 15) is 0 Å². The van der Waals surface area contributed by atoms with Crippen LogP contribution in [0.1, 0.15) is 25.1 Å². The van der Waals surface area contributed by atoms with E-state index in [4.69, 9.17) is 10.5 Å². The standard InChI is InChI=1S/C13H18N4O/c1-2-8-17-13(9-15-16-17)12(14)10-18-11-6-4-3-5-7-11/h3-7,9,12H,2,8,10,14H2,1H3. The van der Waals surface area contributed by atoms with E-state index in [1.807, 2.05) is 35.0 Å². The third-order valence-electron chi connectivity index (χ3n) is 2.64. The van der Waals surface area contributed by atoms with Crippen LogP contribution >= 0.6 is 0 Å². The molecule has 1 aromatic carbocycles. The molecule has 5 heteroatoms. The van der Waals surface area contributed by atoms with Gasteiger partial charge < -0.3 is 10.5 Å². The second-order valence-corrected chi connectivity index (χ2v) is 4.11. The molecular weight excluding hydrogens is 228 g/mol. The first-order chi connectivity index (χ1) is 8.81. The van der Waals surface area contributed by atoms with Gasteiger partial charge in [-0.1, -0.05) is 30.3 Å². The molecule has 1 unspecified atom stereocenters. The first-order valence-electron chi connectivity index (χ1n) is 6.13. The van der Waals surface area contributed by atoms with E-state index in [1.54, 1.807) is 6.20 Å². The molecule has 0 spiro atoms. The number of nitrogens with two attached hydrogens (primary N) is 1. The number of hydrogen-bond donors (Lipinski definition) is 1. The van der Waals surface area contributed by atoms with Crippen LogP contribution in [0.3, 0.4) is 0 Å². The molecule has 1 aromatic heterocycles. The maximum absolute atomic E-state index is 6.09. The van der Waals surface area contributed by atoms with Gasteiger partial charge in [0.1, 0.15) is 12.4 Å². The van der Waals surface area contributed by atoms with Gasteiger partial charge in [0.15, 0.2) is 0 Å². The molecular formula is C13H18N4O. The van der Waals surface area contributed by atoms with E-state index in [2.05, 4.69) is 17.2 Å². The maximum Gasteiger partial charge on any atom is 0.119 e. The zero-order chi connectivity index (χ0) is 12.8. The fraction of sp³-hybridized carbons (Fsp3) is 0.385. The summed E-state index contributed by atoms with van der Waals surface area (Å²) in [6, 6.07) is 9.43. The summed E-state index contributed by atoms with van der Waals surface area (Å²) >= 11 is 0. The van der Waals surface area contributed by atoms with Crippen LogP contribution in [0.4, 0.5) is 0 Å². The van der Waals surface area contributed by atoms with Crippen molar-refractivity contribution >= 4 is 0 Å². The number of rotatable bonds is 6. The summed E-state index contributed by atoms with van der Waals surface area (Å²) in [7, 11) is 0. The molecule has 0 aliphatic rings. The Kier molecular flexibility index (Phi) is 4.30. The second kappa shape index (κ2) is 6.16. The maximum atomic E-state index is 6.09. The van der Waals surface area contributed by atoms with Crippen molar-refractivity contribution in [2.75, 3.05) is 6.61 Å². The van der Waals surface area contributed by atoms with Crippen molar-refractivity contribution in [2.45, 2.75) is 25.9 Å². The number of hydrogen-bond acceptors (Lipinski definition) is 4. The first kappa shape index (κ1) is 12.6. The van der Waals surface area contributed by atoms with Gasteiger partial charge in [0, 0.05) is 6.54 Å². The van der Waals surface area contributed by atoms with Gasteiger partial charge in [-0.2, -0.15) is 0 Å². The normalized spacial score (nSPS) is 12.3. The summed E-state index contributed by atoms with van der Waals surface area (Å²) in [4.78, 5) is 0. The SMILES string of the molecule is CCCn1nncc1C(N)COc1ccccc1. The molecule has 5 nitrogen and oxygen atoms in total. The predicted molar refractivity (Wildman–Crippen MR) is 69.2 cm³/mol. The second-order valence-electron chi connectivity index (χ2n) is 4.11. The molecule has 0 fully saturated rings. The topological polar surface area (TPSA) is 66.0 Å². The zero-order valence-electron chi connectivity index (χ0n) is 10.5. The largest absolute Gasteiger partial charge is 0.492 e. The summed E-state index contributed by atoms with van der Waals surface area (Å²) in [6.45, 7) is 3.34. The lowest BCUT2D eigenvalue weighted by Gasteiger charge is -2.14. The fourth-order valence-corrected chi connectivity index (χ4v) is 1.73. The van der Waals surface area contributed by atoms with Crippen molar-refractivity contribution in [1.29, 1.82) is 0 Å². The molecule has 2 N–H and O–H groups in total. The molecule has 0 aliphatic carbocycles. The van der Waals surface area contributed by atoms with Crippen LogP contribution in [-0.4, -0.2) is 21.6 Å². The minimum Gasteiger partial charge on any atom is -0.492 e. The minimum atomic E-state index is -0.216. The number of nitrogens with zero attached hydrogens (tertiary/aromatic N) is 3. The van der Waals surface area contributed by atoms with Gasteiger partial charge in [0.25, 0.3) is 0 Å². The summed E-state index contributed by atoms with van der Waals surface area (Å²) in [5.74, 6) is 0.822. The van der Waals surface area contributed by atoms with Crippen molar-refractivity contribution < 1.29 is 4.74 Å². The van der Waals surface area contributed by atoms with Gasteiger partial charge in [-0.05, 0) is 18.6 Å². The first-order valence-corrected chi connectivity index (χ1v) is 6.13. The number of aryl methyl sites for hydroxylation is 1. The predicted octanol–water partition coefficient (Wildman–Crippen LogP) is 1.77. The highest BCUT2D eigenvalue weighted by atomic mass is 16.5. The average Bonchev–Trinajstić information content (AvgIpc) is 2.86. The lowest BCUT2D eigenvalue weighted by atomic mass is 10.2. The zero-order valence-corrected chi connectivity index (χ0v) is 10.5. The summed E-state index contributed by atoms with van der Waals surface area (Å²) in [5, 5.41) is 7.91. The van der Waals surface area contributed by atoms with E-state index in [1.165, 1.54) is 0 Å². The van der Waals surface area contributed by atoms with Crippen LogP contribution in [0.25, 0.3) is 0 Å². The van der Waals surface area contributed by atoms with Gasteiger partial charge in [-0.3, -0.25) is 0 Å². The lowest BCUT2D eigenvalue weighted by Crippen LogP contribution is -2.22. The lowest BCUT2D eigenvalue weighted by molar-refractivity contribution is 0.284. The van der Waals surface area contributed by atoms with E-state index in [0.29, 0.717) is 6.61 Å². The molecule has 2 rings (SSSR count). The fourth-order valence-electron chi connectivity index (χ4n) is 1.73.